The molecule has 104 valence electrons. The van der Waals surface area contributed by atoms with Crippen LogP contribution in [0.25, 0.3) is 0 Å². The summed E-state index contributed by atoms with van der Waals surface area (Å²) in [4.78, 5) is 0. The Morgan fingerprint density at radius 2 is 2.30 bits per heavy atom. The normalized spacial score (nSPS) is 9.95. The Bertz CT molecular complexity index is 644. The van der Waals surface area contributed by atoms with Crippen LogP contribution >= 0.6 is 11.8 Å². The van der Waals surface area contributed by atoms with Gasteiger partial charge in [0.1, 0.15) is 5.75 Å². The van der Waals surface area contributed by atoms with Crippen LogP contribution in [-0.2, 0) is 12.8 Å². The number of nitrogens with zero attached hydrogens (tertiary/aromatic N) is 4. The first-order chi connectivity index (χ1) is 9.74. The average Bonchev–Trinajstić information content (AvgIpc) is 2.88. The Labute approximate surface area is 121 Å². The molecule has 0 radical (unpaired) electrons. The minimum absolute atomic E-state index is 0.348. The largest absolute Gasteiger partial charge is 0.496 e. The summed E-state index contributed by atoms with van der Waals surface area (Å²) in [6.45, 7) is 0.348. The van der Waals surface area contributed by atoms with E-state index in [9.17, 15) is 0 Å². The molecule has 0 atom stereocenters. The van der Waals surface area contributed by atoms with Crippen molar-refractivity contribution in [2.45, 2.75) is 10.9 Å². The number of nitrogens with two attached hydrogens (primary N) is 1. The molecule has 2 aromatic rings. The van der Waals surface area contributed by atoms with Crippen molar-refractivity contribution in [3.8, 4) is 17.6 Å². The van der Waals surface area contributed by atoms with Gasteiger partial charge in [-0.05, 0) is 28.6 Å². The van der Waals surface area contributed by atoms with Crippen LogP contribution in [-0.4, -0.2) is 33.9 Å². The summed E-state index contributed by atoms with van der Waals surface area (Å²) < 4.78 is 6.99. The molecule has 2 N–H and O–H groups in total. The maximum absolute atomic E-state index is 5.38. The van der Waals surface area contributed by atoms with E-state index >= 15 is 0 Å². The number of thioether (sulfide) groups is 1. The molecule has 0 bridgehead atoms. The molecule has 1 aromatic heterocycles. The van der Waals surface area contributed by atoms with Crippen molar-refractivity contribution in [3.63, 3.8) is 0 Å². The lowest BCUT2D eigenvalue weighted by atomic mass is 10.1. The first-order valence-corrected chi connectivity index (χ1v) is 6.94. The van der Waals surface area contributed by atoms with Gasteiger partial charge in [-0.1, -0.05) is 23.6 Å². The van der Waals surface area contributed by atoms with Crippen molar-refractivity contribution < 1.29 is 4.74 Å². The van der Waals surface area contributed by atoms with Crippen LogP contribution < -0.4 is 10.5 Å². The quantitative estimate of drug-likeness (QED) is 0.663. The molecule has 0 aliphatic rings. The Morgan fingerprint density at radius 1 is 1.45 bits per heavy atom. The van der Waals surface area contributed by atoms with Gasteiger partial charge in [0, 0.05) is 23.9 Å². The number of methoxy groups -OCH3 is 1. The second-order valence-electron chi connectivity index (χ2n) is 3.91. The number of benzene rings is 1. The number of aromatic nitrogens is 4. The summed E-state index contributed by atoms with van der Waals surface area (Å²) in [5.41, 5.74) is 7.35. The van der Waals surface area contributed by atoms with Crippen molar-refractivity contribution in [1.82, 2.24) is 20.2 Å². The zero-order valence-corrected chi connectivity index (χ0v) is 12.1. The molecule has 1 heterocycles. The molecule has 0 saturated heterocycles. The highest BCUT2D eigenvalue weighted by atomic mass is 32.2. The number of ether oxygens (including phenoxy) is 1. The molecule has 0 aliphatic heterocycles. The number of rotatable bonds is 4. The molecule has 7 heteroatoms. The van der Waals surface area contributed by atoms with Crippen LogP contribution in [0.4, 0.5) is 0 Å². The Morgan fingerprint density at radius 3 is 2.95 bits per heavy atom. The Hall–Kier alpha value is -2.04. The highest BCUT2D eigenvalue weighted by molar-refractivity contribution is 7.98. The van der Waals surface area contributed by atoms with Crippen molar-refractivity contribution in [3.05, 3.63) is 29.3 Å². The molecule has 20 heavy (non-hydrogen) atoms. The Kier molecular flexibility index (Phi) is 4.98. The summed E-state index contributed by atoms with van der Waals surface area (Å²) in [7, 11) is 3.46. The lowest BCUT2D eigenvalue weighted by molar-refractivity contribution is 0.411. The molecule has 6 nitrogen and oxygen atoms in total. The third-order valence-corrected chi connectivity index (χ3v) is 3.61. The van der Waals surface area contributed by atoms with Gasteiger partial charge in [-0.2, -0.15) is 0 Å². The highest BCUT2D eigenvalue weighted by Gasteiger charge is 2.08. The molecule has 2 rings (SSSR count). The van der Waals surface area contributed by atoms with Crippen molar-refractivity contribution in [2.75, 3.05) is 13.7 Å². The zero-order valence-electron chi connectivity index (χ0n) is 11.3. The van der Waals surface area contributed by atoms with Crippen LogP contribution in [0, 0.1) is 11.8 Å². The van der Waals surface area contributed by atoms with E-state index in [2.05, 4.69) is 27.4 Å². The monoisotopic (exact) mass is 289 g/mol. The standard InChI is InChI=1S/C13H15N5OS/c1-18-13(15-16-17-18)20-9-11-8-10(4-3-7-14)5-6-12(11)19-2/h5-6,8H,7,9,14H2,1-2H3. The van der Waals surface area contributed by atoms with Gasteiger partial charge in [0.2, 0.25) is 5.16 Å². The molecule has 0 fully saturated rings. The maximum atomic E-state index is 5.38. The average molecular weight is 289 g/mol. The Balaban J connectivity index is 2.18. The minimum Gasteiger partial charge on any atom is -0.496 e. The van der Waals surface area contributed by atoms with E-state index in [0.717, 1.165) is 22.0 Å². The van der Waals surface area contributed by atoms with E-state index in [1.807, 2.05) is 25.2 Å². The fourth-order valence-corrected chi connectivity index (χ4v) is 2.44. The number of tetrazole rings is 1. The maximum Gasteiger partial charge on any atom is 0.209 e. The van der Waals surface area contributed by atoms with Crippen LogP contribution in [0.1, 0.15) is 11.1 Å². The summed E-state index contributed by atoms with van der Waals surface area (Å²) in [5, 5.41) is 12.1. The molecule has 1 aromatic carbocycles. The lowest BCUT2D eigenvalue weighted by Crippen LogP contribution is -1.96. The zero-order chi connectivity index (χ0) is 14.4. The van der Waals surface area contributed by atoms with E-state index in [0.29, 0.717) is 12.3 Å². The van der Waals surface area contributed by atoms with Gasteiger partial charge in [-0.25, -0.2) is 4.68 Å². The third-order valence-electron chi connectivity index (χ3n) is 2.55. The minimum atomic E-state index is 0.348. The number of hydrogen-bond acceptors (Lipinski definition) is 6. The summed E-state index contributed by atoms with van der Waals surface area (Å²) in [6, 6.07) is 5.82. The molecular weight excluding hydrogens is 274 g/mol. The van der Waals surface area contributed by atoms with E-state index in [-0.39, 0.29) is 0 Å². The molecule has 0 aliphatic carbocycles. The predicted octanol–water partition coefficient (Wildman–Crippen LogP) is 0.821. The fourth-order valence-electron chi connectivity index (χ4n) is 1.61. The van der Waals surface area contributed by atoms with Crippen LogP contribution in [0.3, 0.4) is 0 Å². The fraction of sp³-hybridized carbons (Fsp3) is 0.308. The second-order valence-corrected chi connectivity index (χ2v) is 4.85. The van der Waals surface area contributed by atoms with Crippen molar-refractivity contribution >= 4 is 11.8 Å². The highest BCUT2D eigenvalue weighted by Crippen LogP contribution is 2.27. The summed E-state index contributed by atoms with van der Waals surface area (Å²) in [5.74, 6) is 7.39. The van der Waals surface area contributed by atoms with Crippen LogP contribution in [0.15, 0.2) is 23.4 Å². The van der Waals surface area contributed by atoms with Gasteiger partial charge in [-0.15, -0.1) is 5.10 Å². The lowest BCUT2D eigenvalue weighted by Gasteiger charge is -2.08. The van der Waals surface area contributed by atoms with E-state index in [1.54, 1.807) is 23.6 Å². The second kappa shape index (κ2) is 6.93. The summed E-state index contributed by atoms with van der Waals surface area (Å²) >= 11 is 1.54. The topological polar surface area (TPSA) is 78.8 Å². The van der Waals surface area contributed by atoms with Gasteiger partial charge >= 0.3 is 0 Å². The smallest absolute Gasteiger partial charge is 0.209 e. The molecule has 0 amide bonds. The molecular formula is C13H15N5OS. The van der Waals surface area contributed by atoms with Crippen molar-refractivity contribution in [2.24, 2.45) is 12.8 Å². The van der Waals surface area contributed by atoms with Gasteiger partial charge < -0.3 is 10.5 Å². The van der Waals surface area contributed by atoms with Gasteiger partial charge in [0.05, 0.1) is 13.7 Å². The third kappa shape index (κ3) is 3.50. The van der Waals surface area contributed by atoms with Crippen LogP contribution in [0.2, 0.25) is 0 Å². The molecule has 0 unspecified atom stereocenters. The van der Waals surface area contributed by atoms with Gasteiger partial charge in [0.15, 0.2) is 0 Å². The number of hydrogen-bond donors (Lipinski definition) is 1. The predicted molar refractivity (Wildman–Crippen MR) is 77.3 cm³/mol. The van der Waals surface area contributed by atoms with Crippen LogP contribution in [0.5, 0.6) is 5.75 Å². The van der Waals surface area contributed by atoms with E-state index in [4.69, 9.17) is 10.5 Å². The number of aryl methyl sites for hydroxylation is 1. The summed E-state index contributed by atoms with van der Waals surface area (Å²) in [6.07, 6.45) is 0. The first-order valence-electron chi connectivity index (χ1n) is 5.95. The molecule has 0 saturated carbocycles. The first kappa shape index (κ1) is 14.4. The van der Waals surface area contributed by atoms with Gasteiger partial charge in [0.25, 0.3) is 0 Å². The van der Waals surface area contributed by atoms with E-state index in [1.165, 1.54) is 0 Å². The van der Waals surface area contributed by atoms with E-state index < -0.39 is 0 Å². The van der Waals surface area contributed by atoms with Crippen molar-refractivity contribution in [1.29, 1.82) is 0 Å². The molecule has 0 spiro atoms. The van der Waals surface area contributed by atoms with Gasteiger partial charge in [-0.3, -0.25) is 0 Å². The SMILES string of the molecule is COc1ccc(C#CCN)cc1CSc1nnnn1C.